The minimum atomic E-state index is 0.572. The van der Waals surface area contributed by atoms with Crippen molar-refractivity contribution in [1.82, 2.24) is 9.36 Å². The molecular weight excluding hydrogens is 294 g/mol. The van der Waals surface area contributed by atoms with E-state index in [-0.39, 0.29) is 0 Å². The zero-order chi connectivity index (χ0) is 15.2. The van der Waals surface area contributed by atoms with Gasteiger partial charge in [0.15, 0.2) is 0 Å². The highest BCUT2D eigenvalue weighted by Crippen LogP contribution is 2.25. The van der Waals surface area contributed by atoms with E-state index in [2.05, 4.69) is 38.2 Å². The molecule has 3 rings (SSSR count). The Labute approximate surface area is 132 Å². The summed E-state index contributed by atoms with van der Waals surface area (Å²) in [6.07, 6.45) is 2.52. The number of nitriles is 1. The molecule has 5 nitrogen and oxygen atoms in total. The van der Waals surface area contributed by atoms with Crippen LogP contribution in [0.15, 0.2) is 42.6 Å². The average Bonchev–Trinajstić information content (AvgIpc) is 2.98. The molecule has 0 fully saturated rings. The standard InChI is InChI=1S/C16H15N5S/c17-10-12-6-7-15(20-11-12)18-8-3-9-19-16-13-4-1-2-5-14(13)22-21-16/h1-2,4-7,11H,3,8-9H2,(H,18,20)(H,19,21). The number of pyridine rings is 1. The van der Waals surface area contributed by atoms with Crippen LogP contribution >= 0.6 is 11.5 Å². The van der Waals surface area contributed by atoms with E-state index in [0.29, 0.717) is 5.56 Å². The smallest absolute Gasteiger partial charge is 0.147 e. The lowest BCUT2D eigenvalue weighted by Crippen LogP contribution is -2.10. The highest BCUT2D eigenvalue weighted by atomic mass is 32.1. The van der Waals surface area contributed by atoms with E-state index in [0.717, 1.165) is 31.1 Å². The Morgan fingerprint density at radius 3 is 2.77 bits per heavy atom. The van der Waals surface area contributed by atoms with Crippen molar-refractivity contribution in [2.45, 2.75) is 6.42 Å². The van der Waals surface area contributed by atoms with Crippen molar-refractivity contribution in [2.24, 2.45) is 0 Å². The molecule has 22 heavy (non-hydrogen) atoms. The van der Waals surface area contributed by atoms with Gasteiger partial charge in [-0.2, -0.15) is 9.64 Å². The van der Waals surface area contributed by atoms with Gasteiger partial charge >= 0.3 is 0 Å². The van der Waals surface area contributed by atoms with Crippen LogP contribution in [-0.4, -0.2) is 22.4 Å². The third-order valence-corrected chi connectivity index (χ3v) is 4.05. The molecule has 0 amide bonds. The lowest BCUT2D eigenvalue weighted by atomic mass is 10.2. The SMILES string of the molecule is N#Cc1ccc(NCCCNc2nsc3ccccc23)nc1. The number of benzene rings is 1. The monoisotopic (exact) mass is 309 g/mol. The van der Waals surface area contributed by atoms with E-state index < -0.39 is 0 Å². The van der Waals surface area contributed by atoms with Crippen molar-refractivity contribution in [3.8, 4) is 6.07 Å². The molecule has 6 heteroatoms. The van der Waals surface area contributed by atoms with Crippen molar-refractivity contribution < 1.29 is 0 Å². The fourth-order valence-corrected chi connectivity index (χ4v) is 2.84. The van der Waals surface area contributed by atoms with Gasteiger partial charge in [-0.15, -0.1) is 0 Å². The molecule has 0 radical (unpaired) electrons. The Hall–Kier alpha value is -2.65. The van der Waals surface area contributed by atoms with E-state index in [1.807, 2.05) is 18.2 Å². The summed E-state index contributed by atoms with van der Waals surface area (Å²) in [6, 6.07) is 13.9. The molecule has 0 atom stereocenters. The Balaban J connectivity index is 1.44. The largest absolute Gasteiger partial charge is 0.370 e. The number of hydrogen-bond acceptors (Lipinski definition) is 6. The fraction of sp³-hybridized carbons (Fsp3) is 0.188. The van der Waals surface area contributed by atoms with Gasteiger partial charge in [-0.05, 0) is 42.2 Å². The zero-order valence-corrected chi connectivity index (χ0v) is 12.7. The van der Waals surface area contributed by atoms with Crippen LogP contribution in [0.3, 0.4) is 0 Å². The topological polar surface area (TPSA) is 73.6 Å². The third-order valence-electron chi connectivity index (χ3n) is 3.22. The summed E-state index contributed by atoms with van der Waals surface area (Å²) in [5, 5.41) is 16.5. The predicted molar refractivity (Wildman–Crippen MR) is 90.2 cm³/mol. The van der Waals surface area contributed by atoms with E-state index in [9.17, 15) is 0 Å². The lowest BCUT2D eigenvalue weighted by Gasteiger charge is -2.06. The summed E-state index contributed by atoms with van der Waals surface area (Å²) in [6.45, 7) is 1.66. The maximum absolute atomic E-state index is 8.72. The Kier molecular flexibility index (Phi) is 4.47. The van der Waals surface area contributed by atoms with Gasteiger partial charge in [-0.25, -0.2) is 4.98 Å². The first-order valence-electron chi connectivity index (χ1n) is 7.05. The van der Waals surface area contributed by atoms with E-state index in [1.54, 1.807) is 12.3 Å². The number of aromatic nitrogens is 2. The molecule has 0 bridgehead atoms. The van der Waals surface area contributed by atoms with Crippen LogP contribution in [0, 0.1) is 11.3 Å². The summed E-state index contributed by atoms with van der Waals surface area (Å²) in [5.74, 6) is 1.75. The number of fused-ring (bicyclic) bond motifs is 1. The van der Waals surface area contributed by atoms with Crippen molar-refractivity contribution >= 4 is 33.3 Å². The minimum absolute atomic E-state index is 0.572. The fourth-order valence-electron chi connectivity index (χ4n) is 2.09. The van der Waals surface area contributed by atoms with Crippen LogP contribution in [-0.2, 0) is 0 Å². The summed E-state index contributed by atoms with van der Waals surface area (Å²) in [4.78, 5) is 4.17. The zero-order valence-electron chi connectivity index (χ0n) is 11.9. The summed E-state index contributed by atoms with van der Waals surface area (Å²) >= 11 is 1.51. The van der Waals surface area contributed by atoms with Crippen LogP contribution in [0.4, 0.5) is 11.6 Å². The van der Waals surface area contributed by atoms with Crippen molar-refractivity contribution in [2.75, 3.05) is 23.7 Å². The van der Waals surface area contributed by atoms with Crippen LogP contribution in [0.5, 0.6) is 0 Å². The number of nitrogens with zero attached hydrogens (tertiary/aromatic N) is 3. The van der Waals surface area contributed by atoms with Crippen molar-refractivity contribution in [3.63, 3.8) is 0 Å². The Morgan fingerprint density at radius 2 is 1.95 bits per heavy atom. The molecule has 0 saturated carbocycles. The molecule has 3 aromatic rings. The van der Waals surface area contributed by atoms with Crippen LogP contribution < -0.4 is 10.6 Å². The van der Waals surface area contributed by atoms with Gasteiger partial charge in [0, 0.05) is 24.7 Å². The Morgan fingerprint density at radius 1 is 1.09 bits per heavy atom. The summed E-state index contributed by atoms with van der Waals surface area (Å²) in [5.41, 5.74) is 0.572. The molecule has 0 spiro atoms. The first-order valence-corrected chi connectivity index (χ1v) is 7.82. The molecule has 0 aliphatic carbocycles. The van der Waals surface area contributed by atoms with Crippen LogP contribution in [0.1, 0.15) is 12.0 Å². The molecule has 2 aromatic heterocycles. The third kappa shape index (κ3) is 3.32. The molecular formula is C16H15N5S. The highest BCUT2D eigenvalue weighted by Gasteiger charge is 2.03. The minimum Gasteiger partial charge on any atom is -0.370 e. The normalized spacial score (nSPS) is 10.3. The first-order chi connectivity index (χ1) is 10.9. The van der Waals surface area contributed by atoms with Gasteiger partial charge in [0.1, 0.15) is 17.7 Å². The number of anilines is 2. The maximum Gasteiger partial charge on any atom is 0.147 e. The van der Waals surface area contributed by atoms with Gasteiger partial charge in [0.25, 0.3) is 0 Å². The average molecular weight is 309 g/mol. The molecule has 110 valence electrons. The maximum atomic E-state index is 8.72. The van der Waals surface area contributed by atoms with Gasteiger partial charge in [-0.1, -0.05) is 12.1 Å². The highest BCUT2D eigenvalue weighted by molar-refractivity contribution is 7.13. The molecule has 0 aliphatic rings. The molecule has 2 N–H and O–H groups in total. The van der Waals surface area contributed by atoms with Crippen molar-refractivity contribution in [3.05, 3.63) is 48.2 Å². The number of rotatable bonds is 6. The number of nitrogens with one attached hydrogen (secondary N) is 2. The molecule has 0 saturated heterocycles. The van der Waals surface area contributed by atoms with Crippen molar-refractivity contribution in [1.29, 1.82) is 5.26 Å². The van der Waals surface area contributed by atoms with Crippen LogP contribution in [0.25, 0.3) is 10.1 Å². The van der Waals surface area contributed by atoms with Gasteiger partial charge in [0.2, 0.25) is 0 Å². The quantitative estimate of drug-likeness (QED) is 0.682. The number of hydrogen-bond donors (Lipinski definition) is 2. The lowest BCUT2D eigenvalue weighted by molar-refractivity contribution is 0.902. The second-order valence-corrected chi connectivity index (χ2v) is 5.58. The summed E-state index contributed by atoms with van der Waals surface area (Å²) < 4.78 is 5.64. The van der Waals surface area contributed by atoms with Gasteiger partial charge in [-0.3, -0.25) is 0 Å². The van der Waals surface area contributed by atoms with E-state index in [1.165, 1.54) is 21.6 Å². The predicted octanol–water partition coefficient (Wildman–Crippen LogP) is 3.48. The van der Waals surface area contributed by atoms with E-state index >= 15 is 0 Å². The van der Waals surface area contributed by atoms with E-state index in [4.69, 9.17) is 5.26 Å². The van der Waals surface area contributed by atoms with Gasteiger partial charge < -0.3 is 10.6 Å². The first kappa shape index (κ1) is 14.3. The Bertz CT molecular complexity index is 788. The van der Waals surface area contributed by atoms with Gasteiger partial charge in [0.05, 0.1) is 10.3 Å². The molecule has 0 unspecified atom stereocenters. The summed E-state index contributed by atoms with van der Waals surface area (Å²) in [7, 11) is 0. The molecule has 0 aliphatic heterocycles. The second-order valence-electron chi connectivity index (χ2n) is 4.78. The second kappa shape index (κ2) is 6.87. The van der Waals surface area contributed by atoms with Crippen LogP contribution in [0.2, 0.25) is 0 Å². The molecule has 1 aromatic carbocycles. The molecule has 2 heterocycles.